The van der Waals surface area contributed by atoms with E-state index in [0.29, 0.717) is 13.1 Å². The van der Waals surface area contributed by atoms with Gasteiger partial charge in [-0.05, 0) is 24.3 Å². The Balaban J connectivity index is 1.82. The lowest BCUT2D eigenvalue weighted by atomic mass is 10.3. The molecular weight excluding hydrogens is 276 g/mol. The molecule has 0 saturated carbocycles. The van der Waals surface area contributed by atoms with Crippen LogP contribution in [0, 0.1) is 0 Å². The Morgan fingerprint density at radius 3 is 2.45 bits per heavy atom. The lowest BCUT2D eigenvalue weighted by molar-refractivity contribution is 0.598. The lowest BCUT2D eigenvalue weighted by Crippen LogP contribution is -2.15. The van der Waals surface area contributed by atoms with Gasteiger partial charge in [0, 0.05) is 13.1 Å². The molecule has 6 heteroatoms. The SMILES string of the molecule is NCCn1c(Cn2nnc3ccccc32)nc2ccccc21. The van der Waals surface area contributed by atoms with E-state index in [2.05, 4.69) is 20.9 Å². The molecule has 22 heavy (non-hydrogen) atoms. The van der Waals surface area contributed by atoms with E-state index in [0.717, 1.165) is 34.4 Å². The topological polar surface area (TPSA) is 74.5 Å². The van der Waals surface area contributed by atoms with Crippen LogP contribution in [-0.4, -0.2) is 31.1 Å². The Hall–Kier alpha value is -2.73. The van der Waals surface area contributed by atoms with Crippen LogP contribution in [0.3, 0.4) is 0 Å². The summed E-state index contributed by atoms with van der Waals surface area (Å²) in [5, 5.41) is 8.44. The number of imidazole rings is 1. The van der Waals surface area contributed by atoms with Crippen molar-refractivity contribution in [2.24, 2.45) is 5.73 Å². The standard InChI is InChI=1S/C16H16N6/c17-9-10-21-14-7-3-1-5-12(14)18-16(21)11-22-15-8-4-2-6-13(15)19-20-22/h1-8H,9-11,17H2. The summed E-state index contributed by atoms with van der Waals surface area (Å²) in [7, 11) is 0. The van der Waals surface area contributed by atoms with Gasteiger partial charge in [-0.25, -0.2) is 9.67 Å². The molecule has 0 aliphatic heterocycles. The quantitative estimate of drug-likeness (QED) is 0.622. The zero-order valence-corrected chi connectivity index (χ0v) is 12.1. The van der Waals surface area contributed by atoms with Crippen LogP contribution in [0.4, 0.5) is 0 Å². The molecule has 0 saturated heterocycles. The second-order valence-electron chi connectivity index (χ2n) is 5.19. The van der Waals surface area contributed by atoms with E-state index < -0.39 is 0 Å². The van der Waals surface area contributed by atoms with E-state index in [1.807, 2.05) is 47.1 Å². The first-order valence-electron chi connectivity index (χ1n) is 7.29. The smallest absolute Gasteiger partial charge is 0.131 e. The molecule has 0 atom stereocenters. The molecule has 2 aromatic heterocycles. The van der Waals surface area contributed by atoms with Gasteiger partial charge in [-0.15, -0.1) is 5.10 Å². The number of aromatic nitrogens is 5. The molecular formula is C16H16N6. The van der Waals surface area contributed by atoms with Crippen LogP contribution in [0.15, 0.2) is 48.5 Å². The van der Waals surface area contributed by atoms with E-state index in [-0.39, 0.29) is 0 Å². The van der Waals surface area contributed by atoms with Crippen LogP contribution in [0.1, 0.15) is 5.82 Å². The van der Waals surface area contributed by atoms with Crippen molar-refractivity contribution in [3.63, 3.8) is 0 Å². The maximum atomic E-state index is 5.76. The first-order chi connectivity index (χ1) is 10.9. The van der Waals surface area contributed by atoms with Crippen molar-refractivity contribution in [3.05, 3.63) is 54.4 Å². The Morgan fingerprint density at radius 1 is 0.909 bits per heavy atom. The zero-order chi connectivity index (χ0) is 14.9. The highest BCUT2D eigenvalue weighted by atomic mass is 15.4. The molecule has 2 N–H and O–H groups in total. The summed E-state index contributed by atoms with van der Waals surface area (Å²) in [5.41, 5.74) is 9.75. The van der Waals surface area contributed by atoms with Crippen molar-refractivity contribution in [3.8, 4) is 0 Å². The largest absolute Gasteiger partial charge is 0.329 e. The molecule has 6 nitrogen and oxygen atoms in total. The van der Waals surface area contributed by atoms with Gasteiger partial charge in [-0.2, -0.15) is 0 Å². The Labute approximate surface area is 127 Å². The third kappa shape index (κ3) is 2.05. The summed E-state index contributed by atoms with van der Waals surface area (Å²) in [6.45, 7) is 1.89. The molecule has 0 spiro atoms. The van der Waals surface area contributed by atoms with Gasteiger partial charge in [0.15, 0.2) is 0 Å². The van der Waals surface area contributed by atoms with E-state index >= 15 is 0 Å². The molecule has 4 aromatic rings. The molecule has 110 valence electrons. The Kier molecular flexibility index (Phi) is 3.08. The van der Waals surface area contributed by atoms with E-state index in [9.17, 15) is 0 Å². The number of benzene rings is 2. The van der Waals surface area contributed by atoms with E-state index in [4.69, 9.17) is 10.7 Å². The molecule has 0 radical (unpaired) electrons. The van der Waals surface area contributed by atoms with Crippen LogP contribution in [-0.2, 0) is 13.1 Å². The molecule has 0 unspecified atom stereocenters. The van der Waals surface area contributed by atoms with Crippen LogP contribution in [0.5, 0.6) is 0 Å². The predicted molar refractivity (Wildman–Crippen MR) is 85.4 cm³/mol. The van der Waals surface area contributed by atoms with Crippen molar-refractivity contribution < 1.29 is 0 Å². The highest BCUT2D eigenvalue weighted by molar-refractivity contribution is 5.76. The summed E-state index contributed by atoms with van der Waals surface area (Å²) in [5.74, 6) is 0.947. The van der Waals surface area contributed by atoms with Crippen molar-refractivity contribution >= 4 is 22.1 Å². The van der Waals surface area contributed by atoms with Gasteiger partial charge >= 0.3 is 0 Å². The average Bonchev–Trinajstić information content (AvgIpc) is 3.11. The van der Waals surface area contributed by atoms with Gasteiger partial charge in [-0.1, -0.05) is 29.5 Å². The monoisotopic (exact) mass is 292 g/mol. The summed E-state index contributed by atoms with van der Waals surface area (Å²) in [6.07, 6.45) is 0. The van der Waals surface area contributed by atoms with Crippen molar-refractivity contribution in [2.75, 3.05) is 6.54 Å². The molecule has 2 aromatic carbocycles. The molecule has 0 aliphatic carbocycles. The maximum Gasteiger partial charge on any atom is 0.131 e. The predicted octanol–water partition coefficient (Wildman–Crippen LogP) is 1.79. The number of nitrogens with two attached hydrogens (primary N) is 1. The maximum absolute atomic E-state index is 5.76. The third-order valence-electron chi connectivity index (χ3n) is 3.80. The third-order valence-corrected chi connectivity index (χ3v) is 3.80. The second kappa shape index (κ2) is 5.23. The number of hydrogen-bond acceptors (Lipinski definition) is 4. The highest BCUT2D eigenvalue weighted by Crippen LogP contribution is 2.18. The normalized spacial score (nSPS) is 11.5. The summed E-state index contributed by atoms with van der Waals surface area (Å²) < 4.78 is 4.04. The fourth-order valence-corrected chi connectivity index (χ4v) is 2.79. The Morgan fingerprint density at radius 2 is 1.64 bits per heavy atom. The zero-order valence-electron chi connectivity index (χ0n) is 12.1. The minimum atomic E-state index is 0.575. The average molecular weight is 292 g/mol. The number of rotatable bonds is 4. The fraction of sp³-hybridized carbons (Fsp3) is 0.188. The fourth-order valence-electron chi connectivity index (χ4n) is 2.79. The number of fused-ring (bicyclic) bond motifs is 2. The minimum absolute atomic E-state index is 0.575. The van der Waals surface area contributed by atoms with Crippen LogP contribution >= 0.6 is 0 Å². The molecule has 0 fully saturated rings. The minimum Gasteiger partial charge on any atom is -0.329 e. The van der Waals surface area contributed by atoms with Crippen LogP contribution < -0.4 is 5.73 Å². The number of para-hydroxylation sites is 3. The van der Waals surface area contributed by atoms with Crippen molar-refractivity contribution in [1.82, 2.24) is 24.5 Å². The van der Waals surface area contributed by atoms with Gasteiger partial charge in [0.1, 0.15) is 17.9 Å². The molecule has 0 aliphatic rings. The van der Waals surface area contributed by atoms with Crippen molar-refractivity contribution in [1.29, 1.82) is 0 Å². The first kappa shape index (κ1) is 13.0. The van der Waals surface area contributed by atoms with Gasteiger partial charge in [-0.3, -0.25) is 0 Å². The van der Waals surface area contributed by atoms with Gasteiger partial charge in [0.25, 0.3) is 0 Å². The summed E-state index contributed by atoms with van der Waals surface area (Å²) >= 11 is 0. The number of hydrogen-bond donors (Lipinski definition) is 1. The lowest BCUT2D eigenvalue weighted by Gasteiger charge is -2.08. The van der Waals surface area contributed by atoms with Gasteiger partial charge in [0.05, 0.1) is 16.6 Å². The highest BCUT2D eigenvalue weighted by Gasteiger charge is 2.12. The number of nitrogens with zero attached hydrogens (tertiary/aromatic N) is 5. The van der Waals surface area contributed by atoms with Gasteiger partial charge < -0.3 is 10.3 Å². The van der Waals surface area contributed by atoms with Crippen molar-refractivity contribution in [2.45, 2.75) is 13.1 Å². The Bertz CT molecular complexity index is 936. The molecule has 0 amide bonds. The van der Waals surface area contributed by atoms with Crippen LogP contribution in [0.25, 0.3) is 22.1 Å². The molecule has 4 rings (SSSR count). The van der Waals surface area contributed by atoms with Crippen LogP contribution in [0.2, 0.25) is 0 Å². The first-order valence-corrected chi connectivity index (χ1v) is 7.29. The van der Waals surface area contributed by atoms with E-state index in [1.165, 1.54) is 0 Å². The summed E-state index contributed by atoms with van der Waals surface area (Å²) in [4.78, 5) is 4.73. The second-order valence-corrected chi connectivity index (χ2v) is 5.19. The molecule has 0 bridgehead atoms. The van der Waals surface area contributed by atoms with E-state index in [1.54, 1.807) is 0 Å². The molecule has 2 heterocycles. The van der Waals surface area contributed by atoms with Gasteiger partial charge in [0.2, 0.25) is 0 Å². The summed E-state index contributed by atoms with van der Waals surface area (Å²) in [6, 6.07) is 16.0.